The number of carboxylic acid groups (broad SMARTS) is 1. The maximum absolute atomic E-state index is 13.3. The van der Waals surface area contributed by atoms with Crippen molar-refractivity contribution < 1.29 is 22.7 Å². The van der Waals surface area contributed by atoms with Crippen LogP contribution < -0.4 is 4.31 Å². The second kappa shape index (κ2) is 5.37. The Morgan fingerprint density at radius 3 is 2.85 bits per heavy atom. The average molecular weight is 302 g/mol. The third kappa shape index (κ3) is 2.75. The van der Waals surface area contributed by atoms with Gasteiger partial charge in [0.05, 0.1) is 12.1 Å². The van der Waals surface area contributed by atoms with Gasteiger partial charge in [0.2, 0.25) is 0 Å². The first-order valence-electron chi connectivity index (χ1n) is 6.06. The van der Waals surface area contributed by atoms with E-state index >= 15 is 0 Å². The minimum absolute atomic E-state index is 0.126. The molecule has 1 aromatic rings. The summed E-state index contributed by atoms with van der Waals surface area (Å²) in [6.45, 7) is 0.108. The molecule has 0 radical (unpaired) electrons. The summed E-state index contributed by atoms with van der Waals surface area (Å²) in [7, 11) is -2.51. The molecule has 0 aromatic heterocycles. The fourth-order valence-electron chi connectivity index (χ4n) is 2.10. The third-order valence-corrected chi connectivity index (χ3v) is 5.12. The van der Waals surface area contributed by atoms with Gasteiger partial charge in [0.25, 0.3) is 0 Å². The summed E-state index contributed by atoms with van der Waals surface area (Å²) in [5, 5.41) is 8.60. The monoisotopic (exact) mass is 302 g/mol. The van der Waals surface area contributed by atoms with E-state index in [0.29, 0.717) is 12.1 Å². The highest BCUT2D eigenvalue weighted by Gasteiger charge is 2.32. The zero-order valence-electron chi connectivity index (χ0n) is 10.9. The molecule has 0 saturated heterocycles. The summed E-state index contributed by atoms with van der Waals surface area (Å²) in [4.78, 5) is 10.5. The van der Waals surface area contributed by atoms with E-state index in [1.807, 2.05) is 0 Å². The molecule has 6 nitrogen and oxygen atoms in total. The van der Waals surface area contributed by atoms with Gasteiger partial charge in [-0.1, -0.05) is 6.07 Å². The van der Waals surface area contributed by atoms with Gasteiger partial charge in [-0.3, -0.25) is 9.10 Å². The summed E-state index contributed by atoms with van der Waals surface area (Å²) in [5.74, 6) is -1.57. The van der Waals surface area contributed by atoms with Crippen LogP contribution in [0.15, 0.2) is 18.2 Å². The van der Waals surface area contributed by atoms with Crippen LogP contribution in [-0.4, -0.2) is 43.9 Å². The predicted molar refractivity (Wildman–Crippen MR) is 71.3 cm³/mol. The lowest BCUT2D eigenvalue weighted by molar-refractivity contribution is -0.137. The van der Waals surface area contributed by atoms with Crippen molar-refractivity contribution in [2.75, 3.05) is 24.4 Å². The largest absolute Gasteiger partial charge is 0.481 e. The summed E-state index contributed by atoms with van der Waals surface area (Å²) >= 11 is 0. The first-order valence-corrected chi connectivity index (χ1v) is 7.46. The van der Waals surface area contributed by atoms with Gasteiger partial charge in [-0.05, 0) is 24.1 Å². The van der Waals surface area contributed by atoms with Gasteiger partial charge in [-0.15, -0.1) is 0 Å². The van der Waals surface area contributed by atoms with Crippen LogP contribution in [0.1, 0.15) is 12.0 Å². The number of carboxylic acids is 1. The molecule has 0 fully saturated rings. The molecule has 1 aliphatic rings. The average Bonchev–Trinajstić information content (AvgIpc) is 2.79. The van der Waals surface area contributed by atoms with Gasteiger partial charge in [-0.25, -0.2) is 4.39 Å². The SMILES string of the molecule is CN(CCC(=O)O)S(=O)(=O)N1CCc2ccc(F)cc21. The Morgan fingerprint density at radius 2 is 2.20 bits per heavy atom. The molecule has 1 aromatic carbocycles. The molecular formula is C12H15FN2O4S. The normalized spacial score (nSPS) is 14.7. The van der Waals surface area contributed by atoms with E-state index in [9.17, 15) is 17.6 Å². The molecule has 0 unspecified atom stereocenters. The highest BCUT2D eigenvalue weighted by molar-refractivity contribution is 7.90. The van der Waals surface area contributed by atoms with Gasteiger partial charge >= 0.3 is 16.2 Å². The Balaban J connectivity index is 2.24. The topological polar surface area (TPSA) is 77.9 Å². The van der Waals surface area contributed by atoms with E-state index in [1.54, 1.807) is 6.07 Å². The first kappa shape index (κ1) is 14.7. The smallest absolute Gasteiger partial charge is 0.304 e. The van der Waals surface area contributed by atoms with Gasteiger partial charge < -0.3 is 5.11 Å². The maximum atomic E-state index is 13.3. The number of rotatable bonds is 5. The summed E-state index contributed by atoms with van der Waals surface area (Å²) < 4.78 is 40.1. The van der Waals surface area contributed by atoms with Crippen molar-refractivity contribution in [3.8, 4) is 0 Å². The highest BCUT2D eigenvalue weighted by Crippen LogP contribution is 2.31. The van der Waals surface area contributed by atoms with Crippen LogP contribution in [0.5, 0.6) is 0 Å². The number of benzene rings is 1. The van der Waals surface area contributed by atoms with Gasteiger partial charge in [-0.2, -0.15) is 12.7 Å². The van der Waals surface area contributed by atoms with Crippen LogP contribution in [0, 0.1) is 5.82 Å². The predicted octanol–water partition coefficient (Wildman–Crippen LogP) is 0.840. The fourth-order valence-corrected chi connectivity index (χ4v) is 3.50. The lowest BCUT2D eigenvalue weighted by Gasteiger charge is -2.25. The molecule has 1 heterocycles. The van der Waals surface area contributed by atoms with Gasteiger partial charge in [0, 0.05) is 20.1 Å². The molecule has 0 saturated carbocycles. The maximum Gasteiger partial charge on any atom is 0.304 e. The lowest BCUT2D eigenvalue weighted by Crippen LogP contribution is -2.42. The van der Waals surface area contributed by atoms with Crippen LogP contribution in [0.2, 0.25) is 0 Å². The number of hydrogen-bond donors (Lipinski definition) is 1. The standard InChI is InChI=1S/C12H15FN2O4S/c1-14(6-5-12(16)17)20(18,19)15-7-4-9-2-3-10(13)8-11(9)15/h2-3,8H,4-7H2,1H3,(H,16,17). The molecule has 0 aliphatic carbocycles. The van der Waals surface area contributed by atoms with Crippen LogP contribution in [0.3, 0.4) is 0 Å². The molecule has 0 spiro atoms. The Kier molecular flexibility index (Phi) is 3.96. The molecule has 2 rings (SSSR count). The second-order valence-corrected chi connectivity index (χ2v) is 6.53. The zero-order chi connectivity index (χ0) is 14.9. The summed E-state index contributed by atoms with van der Waals surface area (Å²) in [6, 6.07) is 4.05. The second-order valence-electron chi connectivity index (χ2n) is 4.57. The summed E-state index contributed by atoms with van der Waals surface area (Å²) in [5.41, 5.74) is 1.09. The van der Waals surface area contributed by atoms with Crippen molar-refractivity contribution in [1.29, 1.82) is 0 Å². The van der Waals surface area contributed by atoms with Crippen molar-refractivity contribution in [3.63, 3.8) is 0 Å². The number of fused-ring (bicyclic) bond motifs is 1. The van der Waals surface area contributed by atoms with Crippen molar-refractivity contribution in [2.24, 2.45) is 0 Å². The van der Waals surface area contributed by atoms with Crippen LogP contribution in [-0.2, 0) is 21.4 Å². The van der Waals surface area contributed by atoms with Gasteiger partial charge in [0.15, 0.2) is 0 Å². The third-order valence-electron chi connectivity index (χ3n) is 3.21. The Hall–Kier alpha value is -1.67. The number of hydrogen-bond acceptors (Lipinski definition) is 3. The fraction of sp³-hybridized carbons (Fsp3) is 0.417. The number of aliphatic carboxylic acids is 1. The molecule has 110 valence electrons. The van der Waals surface area contributed by atoms with Crippen LogP contribution in [0.4, 0.5) is 10.1 Å². The number of anilines is 1. The molecular weight excluding hydrogens is 287 g/mol. The molecule has 1 N–H and O–H groups in total. The van der Waals surface area contributed by atoms with Gasteiger partial charge in [0.1, 0.15) is 5.82 Å². The Morgan fingerprint density at radius 1 is 1.50 bits per heavy atom. The van der Waals surface area contributed by atoms with E-state index < -0.39 is 22.0 Å². The van der Waals surface area contributed by atoms with Crippen molar-refractivity contribution in [3.05, 3.63) is 29.6 Å². The Labute approximate surface area is 116 Å². The lowest BCUT2D eigenvalue weighted by atomic mass is 10.2. The quantitative estimate of drug-likeness (QED) is 0.874. The first-order chi connectivity index (χ1) is 9.32. The van der Waals surface area contributed by atoms with E-state index in [1.165, 1.54) is 19.2 Å². The van der Waals surface area contributed by atoms with E-state index in [0.717, 1.165) is 14.2 Å². The molecule has 0 amide bonds. The van der Waals surface area contributed by atoms with Crippen molar-refractivity contribution >= 4 is 21.9 Å². The van der Waals surface area contributed by atoms with Crippen LogP contribution in [0.25, 0.3) is 0 Å². The van der Waals surface area contributed by atoms with E-state index in [-0.39, 0.29) is 19.5 Å². The highest BCUT2D eigenvalue weighted by atomic mass is 32.2. The minimum atomic E-state index is -3.83. The molecule has 1 aliphatic heterocycles. The molecule has 0 bridgehead atoms. The van der Waals surface area contributed by atoms with E-state index in [2.05, 4.69) is 0 Å². The zero-order valence-corrected chi connectivity index (χ0v) is 11.7. The van der Waals surface area contributed by atoms with Crippen molar-refractivity contribution in [1.82, 2.24) is 4.31 Å². The number of halogens is 1. The molecule has 0 atom stereocenters. The Bertz CT molecular complexity index is 632. The summed E-state index contributed by atoms with van der Waals surface area (Å²) in [6.07, 6.45) is 0.237. The number of carbonyl (C=O) groups is 1. The van der Waals surface area contributed by atoms with Crippen molar-refractivity contribution in [2.45, 2.75) is 12.8 Å². The van der Waals surface area contributed by atoms with Crippen LogP contribution >= 0.6 is 0 Å². The number of nitrogens with zero attached hydrogens (tertiary/aromatic N) is 2. The van der Waals surface area contributed by atoms with E-state index in [4.69, 9.17) is 5.11 Å². The molecule has 8 heteroatoms. The molecule has 20 heavy (non-hydrogen) atoms. The minimum Gasteiger partial charge on any atom is -0.481 e.